The smallest absolute Gasteiger partial charge is 0.272 e. The molecule has 1 aromatic heterocycles. The number of aryl methyl sites for hydroxylation is 2. The summed E-state index contributed by atoms with van der Waals surface area (Å²) in [6.07, 6.45) is 3.24. The Kier molecular flexibility index (Phi) is 4.06. The monoisotopic (exact) mass is 323 g/mol. The molecule has 0 unspecified atom stereocenters. The summed E-state index contributed by atoms with van der Waals surface area (Å²) < 4.78 is 1.79. The van der Waals surface area contributed by atoms with E-state index in [1.807, 2.05) is 0 Å². The van der Waals surface area contributed by atoms with Crippen LogP contribution in [-0.2, 0) is 13.0 Å². The van der Waals surface area contributed by atoms with E-state index in [2.05, 4.69) is 20.9 Å². The van der Waals surface area contributed by atoms with Crippen molar-refractivity contribution in [2.45, 2.75) is 13.0 Å². The summed E-state index contributed by atoms with van der Waals surface area (Å²) in [5.74, 6) is 0. The van der Waals surface area contributed by atoms with Crippen molar-refractivity contribution in [1.82, 2.24) is 9.55 Å². The first-order chi connectivity index (χ1) is 9.09. The van der Waals surface area contributed by atoms with Gasteiger partial charge in [-0.05, 0) is 22.4 Å². The number of hydrogen-bond acceptors (Lipinski definition) is 4. The number of rotatable bonds is 4. The van der Waals surface area contributed by atoms with E-state index in [1.54, 1.807) is 18.2 Å². The minimum atomic E-state index is -0.419. The Balaban J connectivity index is 2.22. The molecule has 19 heavy (non-hydrogen) atoms. The van der Waals surface area contributed by atoms with Crippen molar-refractivity contribution in [3.05, 3.63) is 67.3 Å². The first-order valence-electron chi connectivity index (χ1n) is 5.52. The highest BCUT2D eigenvalue weighted by atomic mass is 79.9. The molecule has 0 atom stereocenters. The van der Waals surface area contributed by atoms with E-state index in [0.717, 1.165) is 0 Å². The number of halogens is 1. The van der Waals surface area contributed by atoms with Gasteiger partial charge in [-0.1, -0.05) is 18.2 Å². The molecule has 2 aromatic rings. The van der Waals surface area contributed by atoms with Gasteiger partial charge in [-0.2, -0.15) is 0 Å². The molecular weight excluding hydrogens is 314 g/mol. The minimum Gasteiger partial charge on any atom is -0.298 e. The van der Waals surface area contributed by atoms with Crippen molar-refractivity contribution < 1.29 is 4.92 Å². The third kappa shape index (κ3) is 3.05. The summed E-state index contributed by atoms with van der Waals surface area (Å²) >= 11 is 3.11. The Morgan fingerprint density at radius 2 is 2.11 bits per heavy atom. The number of para-hydroxylation sites is 1. The average molecular weight is 324 g/mol. The van der Waals surface area contributed by atoms with Crippen molar-refractivity contribution >= 4 is 21.6 Å². The number of hydrogen-bond donors (Lipinski definition) is 0. The Labute approximate surface area is 117 Å². The van der Waals surface area contributed by atoms with Gasteiger partial charge in [-0.15, -0.1) is 0 Å². The zero-order chi connectivity index (χ0) is 13.8. The molecule has 0 saturated carbocycles. The van der Waals surface area contributed by atoms with E-state index >= 15 is 0 Å². The molecule has 7 heteroatoms. The molecule has 0 N–H and O–H groups in total. The van der Waals surface area contributed by atoms with Crippen LogP contribution in [0.25, 0.3) is 0 Å². The van der Waals surface area contributed by atoms with Gasteiger partial charge in [0, 0.05) is 24.4 Å². The number of benzene rings is 1. The summed E-state index contributed by atoms with van der Waals surface area (Å²) in [6.45, 7) is 0.343. The van der Waals surface area contributed by atoms with Crippen LogP contribution in [0.1, 0.15) is 5.56 Å². The summed E-state index contributed by atoms with van der Waals surface area (Å²) in [7, 11) is 0. The fourth-order valence-electron chi connectivity index (χ4n) is 1.72. The molecule has 0 aliphatic rings. The number of aromatic nitrogens is 2. The summed E-state index contributed by atoms with van der Waals surface area (Å²) in [5, 5.41) is 10.9. The molecule has 6 nitrogen and oxygen atoms in total. The van der Waals surface area contributed by atoms with Gasteiger partial charge in [-0.25, -0.2) is 4.98 Å². The first-order valence-corrected chi connectivity index (χ1v) is 6.31. The van der Waals surface area contributed by atoms with Crippen molar-refractivity contribution in [1.29, 1.82) is 0 Å². The van der Waals surface area contributed by atoms with Gasteiger partial charge in [0.15, 0.2) is 0 Å². The predicted octanol–water partition coefficient (Wildman–Crippen LogP) is 2.16. The zero-order valence-electron chi connectivity index (χ0n) is 9.82. The molecule has 0 aliphatic heterocycles. The average Bonchev–Trinajstić information content (AvgIpc) is 2.40. The van der Waals surface area contributed by atoms with Gasteiger partial charge in [0.25, 0.3) is 11.2 Å². The maximum atomic E-state index is 11.8. The van der Waals surface area contributed by atoms with Gasteiger partial charge in [-0.3, -0.25) is 19.5 Å². The second kappa shape index (κ2) is 5.75. The number of nitro benzene ring substituents is 1. The van der Waals surface area contributed by atoms with E-state index in [0.29, 0.717) is 23.0 Å². The van der Waals surface area contributed by atoms with Crippen molar-refractivity contribution in [3.8, 4) is 0 Å². The van der Waals surface area contributed by atoms with E-state index in [4.69, 9.17) is 0 Å². The van der Waals surface area contributed by atoms with Crippen LogP contribution < -0.4 is 5.56 Å². The largest absolute Gasteiger partial charge is 0.298 e. The van der Waals surface area contributed by atoms with Crippen LogP contribution in [0, 0.1) is 10.1 Å². The second-order valence-electron chi connectivity index (χ2n) is 3.88. The molecule has 0 spiro atoms. The molecule has 1 aromatic carbocycles. The molecule has 0 fully saturated rings. The van der Waals surface area contributed by atoms with Crippen LogP contribution in [0.2, 0.25) is 0 Å². The van der Waals surface area contributed by atoms with Crippen molar-refractivity contribution in [2.75, 3.05) is 0 Å². The summed E-state index contributed by atoms with van der Waals surface area (Å²) in [4.78, 5) is 26.1. The summed E-state index contributed by atoms with van der Waals surface area (Å²) in [5.41, 5.74) is 0.464. The Bertz CT molecular complexity index is 669. The third-order valence-corrected chi connectivity index (χ3v) is 3.21. The van der Waals surface area contributed by atoms with E-state index in [9.17, 15) is 14.9 Å². The lowest BCUT2D eigenvalue weighted by Gasteiger charge is -2.05. The van der Waals surface area contributed by atoms with Gasteiger partial charge < -0.3 is 0 Å². The van der Waals surface area contributed by atoms with Crippen LogP contribution in [0.15, 0.2) is 46.1 Å². The van der Waals surface area contributed by atoms with Gasteiger partial charge in [0.1, 0.15) is 4.47 Å². The van der Waals surface area contributed by atoms with Crippen LogP contribution in [-0.4, -0.2) is 14.5 Å². The van der Waals surface area contributed by atoms with Crippen LogP contribution in [0.5, 0.6) is 0 Å². The maximum absolute atomic E-state index is 11.8. The lowest BCUT2D eigenvalue weighted by atomic mass is 10.1. The van der Waals surface area contributed by atoms with E-state index < -0.39 is 4.92 Å². The highest BCUT2D eigenvalue weighted by Crippen LogP contribution is 2.18. The molecule has 2 rings (SSSR count). The Hall–Kier alpha value is -2.02. The van der Waals surface area contributed by atoms with Gasteiger partial charge in [0.2, 0.25) is 0 Å². The molecule has 0 aliphatic carbocycles. The van der Waals surface area contributed by atoms with Crippen molar-refractivity contribution in [3.63, 3.8) is 0 Å². The quantitative estimate of drug-likeness (QED) is 0.638. The fraction of sp³-hybridized carbons (Fsp3) is 0.167. The molecule has 0 radical (unpaired) electrons. The van der Waals surface area contributed by atoms with Gasteiger partial charge in [0.05, 0.1) is 11.3 Å². The Morgan fingerprint density at radius 1 is 1.37 bits per heavy atom. The fourth-order valence-corrected chi connectivity index (χ4v) is 2.07. The molecule has 0 saturated heterocycles. The SMILES string of the molecule is O=c1c(Br)cncn1CCc1ccccc1[N+](=O)[O-]. The standard InChI is InChI=1S/C12H10BrN3O3/c13-10-7-14-8-15(12(10)17)6-5-9-3-1-2-4-11(9)16(18)19/h1-4,7-8H,5-6H2. The lowest BCUT2D eigenvalue weighted by molar-refractivity contribution is -0.385. The number of nitrogens with zero attached hydrogens (tertiary/aromatic N) is 3. The Morgan fingerprint density at radius 3 is 2.84 bits per heavy atom. The zero-order valence-corrected chi connectivity index (χ0v) is 11.4. The van der Waals surface area contributed by atoms with Gasteiger partial charge >= 0.3 is 0 Å². The van der Waals surface area contributed by atoms with E-state index in [1.165, 1.54) is 23.2 Å². The van der Waals surface area contributed by atoms with E-state index in [-0.39, 0.29) is 11.2 Å². The highest BCUT2D eigenvalue weighted by molar-refractivity contribution is 9.10. The summed E-state index contributed by atoms with van der Waals surface area (Å²) in [6, 6.07) is 6.50. The van der Waals surface area contributed by atoms with Crippen LogP contribution >= 0.6 is 15.9 Å². The topological polar surface area (TPSA) is 78.0 Å². The van der Waals surface area contributed by atoms with Crippen molar-refractivity contribution in [2.24, 2.45) is 0 Å². The van der Waals surface area contributed by atoms with Crippen LogP contribution in [0.3, 0.4) is 0 Å². The molecule has 0 amide bonds. The highest BCUT2D eigenvalue weighted by Gasteiger charge is 2.12. The molecule has 0 bridgehead atoms. The lowest BCUT2D eigenvalue weighted by Crippen LogP contribution is -2.21. The normalized spacial score (nSPS) is 10.4. The van der Waals surface area contributed by atoms with Crippen LogP contribution in [0.4, 0.5) is 5.69 Å². The maximum Gasteiger partial charge on any atom is 0.272 e. The number of nitro groups is 1. The molecule has 1 heterocycles. The first kappa shape index (κ1) is 13.4. The molecular formula is C12H10BrN3O3. The second-order valence-corrected chi connectivity index (χ2v) is 4.73. The third-order valence-electron chi connectivity index (χ3n) is 2.67. The predicted molar refractivity (Wildman–Crippen MR) is 73.0 cm³/mol. The minimum absolute atomic E-state index is 0.0681. The molecule has 98 valence electrons.